The summed E-state index contributed by atoms with van der Waals surface area (Å²) in [4.78, 5) is 0. The molecular weight excluding hydrogens is 174 g/mol. The second-order valence-electron chi connectivity index (χ2n) is 2.76. The third kappa shape index (κ3) is 0.865. The lowest BCUT2D eigenvalue weighted by molar-refractivity contribution is 1.12. The van der Waals surface area contributed by atoms with Crippen molar-refractivity contribution in [3.63, 3.8) is 0 Å². The van der Waals surface area contributed by atoms with E-state index in [1.807, 2.05) is 13.0 Å². The van der Waals surface area contributed by atoms with Crippen LogP contribution in [-0.4, -0.2) is 10.2 Å². The SMILES string of the molecule is Cc1cc(N)c2[nH]ncc2c1Cl. The van der Waals surface area contributed by atoms with Crippen molar-refractivity contribution in [3.05, 3.63) is 22.8 Å². The van der Waals surface area contributed by atoms with Crippen molar-refractivity contribution in [1.82, 2.24) is 10.2 Å². The highest BCUT2D eigenvalue weighted by Gasteiger charge is 2.06. The number of nitrogens with one attached hydrogen (secondary N) is 1. The zero-order valence-electron chi connectivity index (χ0n) is 6.56. The molecule has 0 aliphatic carbocycles. The molecule has 0 unspecified atom stereocenters. The van der Waals surface area contributed by atoms with Gasteiger partial charge < -0.3 is 5.73 Å². The summed E-state index contributed by atoms with van der Waals surface area (Å²) in [5.41, 5.74) is 8.21. The summed E-state index contributed by atoms with van der Waals surface area (Å²) in [6.07, 6.45) is 1.68. The normalized spacial score (nSPS) is 10.8. The number of fused-ring (bicyclic) bond motifs is 1. The smallest absolute Gasteiger partial charge is 0.0894 e. The molecule has 0 aliphatic heterocycles. The van der Waals surface area contributed by atoms with Gasteiger partial charge in [0.15, 0.2) is 0 Å². The van der Waals surface area contributed by atoms with Crippen molar-refractivity contribution in [2.24, 2.45) is 0 Å². The first kappa shape index (κ1) is 7.43. The van der Waals surface area contributed by atoms with Gasteiger partial charge in [0, 0.05) is 5.39 Å². The maximum atomic E-state index is 6.02. The van der Waals surface area contributed by atoms with Crippen LogP contribution in [0.25, 0.3) is 10.9 Å². The third-order valence-electron chi connectivity index (χ3n) is 1.88. The van der Waals surface area contributed by atoms with Crippen LogP contribution in [0.15, 0.2) is 12.3 Å². The van der Waals surface area contributed by atoms with Gasteiger partial charge >= 0.3 is 0 Å². The molecule has 0 amide bonds. The van der Waals surface area contributed by atoms with Gasteiger partial charge in [0.2, 0.25) is 0 Å². The highest BCUT2D eigenvalue weighted by atomic mass is 35.5. The molecule has 0 saturated carbocycles. The molecule has 2 aromatic rings. The van der Waals surface area contributed by atoms with Crippen LogP contribution in [0.1, 0.15) is 5.56 Å². The van der Waals surface area contributed by atoms with Crippen LogP contribution in [0.3, 0.4) is 0 Å². The molecular formula is C8H8ClN3. The van der Waals surface area contributed by atoms with Crippen molar-refractivity contribution in [1.29, 1.82) is 0 Å². The second-order valence-corrected chi connectivity index (χ2v) is 3.13. The number of hydrogen-bond acceptors (Lipinski definition) is 2. The van der Waals surface area contributed by atoms with Gasteiger partial charge in [-0.3, -0.25) is 5.10 Å². The fourth-order valence-corrected chi connectivity index (χ4v) is 1.45. The maximum absolute atomic E-state index is 6.02. The van der Waals surface area contributed by atoms with E-state index >= 15 is 0 Å². The Balaban J connectivity index is 2.97. The third-order valence-corrected chi connectivity index (χ3v) is 2.38. The van der Waals surface area contributed by atoms with Gasteiger partial charge in [-0.1, -0.05) is 11.6 Å². The van der Waals surface area contributed by atoms with E-state index in [1.165, 1.54) is 0 Å². The predicted molar refractivity (Wildman–Crippen MR) is 50.3 cm³/mol. The second kappa shape index (κ2) is 2.38. The molecule has 0 fully saturated rings. The number of nitrogen functional groups attached to an aromatic ring is 1. The Kier molecular flexibility index (Phi) is 1.48. The molecule has 0 aliphatic rings. The quantitative estimate of drug-likeness (QED) is 0.612. The Morgan fingerprint density at radius 1 is 1.58 bits per heavy atom. The number of anilines is 1. The van der Waals surface area contributed by atoms with Gasteiger partial charge in [0.05, 0.1) is 22.4 Å². The summed E-state index contributed by atoms with van der Waals surface area (Å²) in [6, 6.07) is 1.84. The fraction of sp³-hybridized carbons (Fsp3) is 0.125. The molecule has 1 aromatic heterocycles. The lowest BCUT2D eigenvalue weighted by Gasteiger charge is -2.01. The molecule has 62 valence electrons. The molecule has 3 nitrogen and oxygen atoms in total. The summed E-state index contributed by atoms with van der Waals surface area (Å²) in [7, 11) is 0. The number of rotatable bonds is 0. The zero-order chi connectivity index (χ0) is 8.72. The minimum Gasteiger partial charge on any atom is -0.397 e. The van der Waals surface area contributed by atoms with Crippen LogP contribution in [0, 0.1) is 6.92 Å². The lowest BCUT2D eigenvalue weighted by Crippen LogP contribution is -1.88. The lowest BCUT2D eigenvalue weighted by atomic mass is 10.1. The Morgan fingerprint density at radius 3 is 3.08 bits per heavy atom. The molecule has 1 heterocycles. The summed E-state index contributed by atoms with van der Waals surface area (Å²) in [6.45, 7) is 1.92. The molecule has 4 heteroatoms. The van der Waals surface area contributed by atoms with Crippen molar-refractivity contribution in [3.8, 4) is 0 Å². The van der Waals surface area contributed by atoms with Crippen LogP contribution >= 0.6 is 11.6 Å². The van der Waals surface area contributed by atoms with E-state index in [0.29, 0.717) is 10.7 Å². The van der Waals surface area contributed by atoms with E-state index in [2.05, 4.69) is 10.2 Å². The summed E-state index contributed by atoms with van der Waals surface area (Å²) in [5.74, 6) is 0. The minimum absolute atomic E-state index is 0.685. The summed E-state index contributed by atoms with van der Waals surface area (Å²) >= 11 is 6.02. The number of halogens is 1. The van der Waals surface area contributed by atoms with E-state index < -0.39 is 0 Å². The highest BCUT2D eigenvalue weighted by Crippen LogP contribution is 2.29. The standard InChI is InChI=1S/C8H8ClN3/c1-4-2-6(10)8-5(7(4)9)3-11-12-8/h2-3H,10H2,1H3,(H,11,12). The number of nitrogens with zero attached hydrogens (tertiary/aromatic N) is 1. The van der Waals surface area contributed by atoms with Gasteiger partial charge in [-0.25, -0.2) is 0 Å². The minimum atomic E-state index is 0.685. The molecule has 0 bridgehead atoms. The summed E-state index contributed by atoms with van der Waals surface area (Å²) in [5, 5.41) is 8.27. The first-order valence-corrected chi connectivity index (χ1v) is 3.95. The first-order valence-electron chi connectivity index (χ1n) is 3.58. The van der Waals surface area contributed by atoms with E-state index in [4.69, 9.17) is 17.3 Å². The van der Waals surface area contributed by atoms with Crippen molar-refractivity contribution in [2.75, 3.05) is 5.73 Å². The molecule has 0 spiro atoms. The largest absolute Gasteiger partial charge is 0.397 e. The van der Waals surface area contributed by atoms with Crippen LogP contribution < -0.4 is 5.73 Å². The Hall–Kier alpha value is -1.22. The van der Waals surface area contributed by atoms with Gasteiger partial charge in [-0.2, -0.15) is 5.10 Å². The molecule has 2 rings (SSSR count). The van der Waals surface area contributed by atoms with Crippen molar-refractivity contribution in [2.45, 2.75) is 6.92 Å². The zero-order valence-corrected chi connectivity index (χ0v) is 7.31. The van der Waals surface area contributed by atoms with Crippen LogP contribution in [-0.2, 0) is 0 Å². The fourth-order valence-electron chi connectivity index (χ4n) is 1.25. The Morgan fingerprint density at radius 2 is 2.33 bits per heavy atom. The van der Waals surface area contributed by atoms with E-state index in [-0.39, 0.29) is 0 Å². The Labute approximate surface area is 74.5 Å². The van der Waals surface area contributed by atoms with Crippen LogP contribution in [0.4, 0.5) is 5.69 Å². The number of aromatic nitrogens is 2. The molecule has 3 N–H and O–H groups in total. The number of aryl methyl sites for hydroxylation is 1. The monoisotopic (exact) mass is 181 g/mol. The van der Waals surface area contributed by atoms with Gasteiger partial charge in [-0.15, -0.1) is 0 Å². The topological polar surface area (TPSA) is 54.7 Å². The van der Waals surface area contributed by atoms with Gasteiger partial charge in [-0.05, 0) is 18.6 Å². The predicted octanol–water partition coefficient (Wildman–Crippen LogP) is 2.11. The van der Waals surface area contributed by atoms with E-state index in [9.17, 15) is 0 Å². The number of benzene rings is 1. The maximum Gasteiger partial charge on any atom is 0.0894 e. The van der Waals surface area contributed by atoms with Crippen LogP contribution in [0.5, 0.6) is 0 Å². The van der Waals surface area contributed by atoms with E-state index in [1.54, 1.807) is 6.20 Å². The summed E-state index contributed by atoms with van der Waals surface area (Å²) < 4.78 is 0. The van der Waals surface area contributed by atoms with Crippen LogP contribution in [0.2, 0.25) is 5.02 Å². The molecule has 0 radical (unpaired) electrons. The molecule has 1 aromatic carbocycles. The highest BCUT2D eigenvalue weighted by molar-refractivity contribution is 6.36. The number of nitrogens with two attached hydrogens (primary N) is 1. The number of hydrogen-bond donors (Lipinski definition) is 2. The molecule has 0 atom stereocenters. The van der Waals surface area contributed by atoms with Crippen molar-refractivity contribution >= 4 is 28.2 Å². The Bertz CT molecular complexity index is 433. The number of H-pyrrole nitrogens is 1. The van der Waals surface area contributed by atoms with Gasteiger partial charge in [0.1, 0.15) is 0 Å². The molecule has 12 heavy (non-hydrogen) atoms. The van der Waals surface area contributed by atoms with E-state index in [0.717, 1.165) is 16.5 Å². The molecule has 0 saturated heterocycles. The van der Waals surface area contributed by atoms with Gasteiger partial charge in [0.25, 0.3) is 0 Å². The average molecular weight is 182 g/mol. The van der Waals surface area contributed by atoms with Crippen molar-refractivity contribution < 1.29 is 0 Å². The number of aromatic amines is 1. The average Bonchev–Trinajstić information content (AvgIpc) is 2.48. The first-order chi connectivity index (χ1) is 5.70.